The Bertz CT molecular complexity index is 255. The number of rotatable bonds is 7. The lowest BCUT2D eigenvalue weighted by atomic mass is 10.6. The molecule has 0 aromatic rings. The number of methoxy groups -OCH3 is 1. The molecule has 0 unspecified atom stereocenters. The maximum absolute atomic E-state index is 12.4. The van der Waals surface area contributed by atoms with Crippen LogP contribution in [0.3, 0.4) is 0 Å². The van der Waals surface area contributed by atoms with E-state index in [1.165, 1.54) is 0 Å². The first-order chi connectivity index (χ1) is 8.16. The zero-order chi connectivity index (χ0) is 14.2. The molecule has 0 N–H and O–H groups in total. The molecule has 0 saturated carbocycles. The predicted octanol–water partition coefficient (Wildman–Crippen LogP) is 1.96. The Morgan fingerprint density at radius 2 is 1.61 bits per heavy atom. The molecule has 0 aromatic carbocycles. The normalized spacial score (nSPS) is 12.3. The summed E-state index contributed by atoms with van der Waals surface area (Å²) in [7, 11) is 0.772. The highest BCUT2D eigenvalue weighted by Gasteiger charge is 2.30. The number of ether oxygens (including phenoxy) is 4. The van der Waals surface area contributed by atoms with Crippen molar-refractivity contribution in [2.75, 3.05) is 33.5 Å². The van der Waals surface area contributed by atoms with Crippen molar-refractivity contribution in [3.05, 3.63) is 0 Å². The van der Waals surface area contributed by atoms with Crippen LogP contribution < -0.4 is 0 Å². The van der Waals surface area contributed by atoms with E-state index in [4.69, 9.17) is 0 Å². The molecule has 0 radical (unpaired) electrons. The molecule has 18 heavy (non-hydrogen) atoms. The predicted molar refractivity (Wildman–Crippen MR) is 46.1 cm³/mol. The third-order valence-electron chi connectivity index (χ3n) is 1.37. The maximum atomic E-state index is 12.4. The molecule has 10 heteroatoms. The molecule has 0 aromatic heterocycles. The Labute approximate surface area is 98.7 Å². The van der Waals surface area contributed by atoms with Gasteiger partial charge in [0.15, 0.2) is 6.61 Å². The third-order valence-corrected chi connectivity index (χ3v) is 1.37. The van der Waals surface area contributed by atoms with E-state index in [-0.39, 0.29) is 0 Å². The van der Waals surface area contributed by atoms with Gasteiger partial charge in [-0.2, -0.15) is 22.0 Å². The van der Waals surface area contributed by atoms with Crippen molar-refractivity contribution in [2.24, 2.45) is 0 Å². The number of alkyl halides is 5. The van der Waals surface area contributed by atoms with Crippen LogP contribution in [0.1, 0.15) is 0 Å². The van der Waals surface area contributed by atoms with Crippen LogP contribution in [0.15, 0.2) is 0 Å². The van der Waals surface area contributed by atoms with Crippen LogP contribution in [0.5, 0.6) is 0 Å². The van der Waals surface area contributed by atoms with Crippen molar-refractivity contribution in [1.29, 1.82) is 0 Å². The van der Waals surface area contributed by atoms with E-state index in [1.54, 1.807) is 0 Å². The monoisotopic (exact) mass is 282 g/mol. The van der Waals surface area contributed by atoms with E-state index in [1.807, 2.05) is 0 Å². The molecule has 108 valence electrons. The molecule has 5 nitrogen and oxygen atoms in total. The van der Waals surface area contributed by atoms with Crippen LogP contribution in [0.4, 0.5) is 26.7 Å². The third kappa shape index (κ3) is 10.0. The maximum Gasteiger partial charge on any atom is 0.508 e. The van der Waals surface area contributed by atoms with Gasteiger partial charge in [-0.1, -0.05) is 0 Å². The molecular weight excluding hydrogens is 271 g/mol. The zero-order valence-electron chi connectivity index (χ0n) is 9.26. The minimum Gasteiger partial charge on any atom is -0.432 e. The Morgan fingerprint density at radius 1 is 1.00 bits per heavy atom. The Morgan fingerprint density at radius 3 is 2.11 bits per heavy atom. The average Bonchev–Trinajstić information content (AvgIpc) is 2.25. The van der Waals surface area contributed by atoms with Crippen LogP contribution in [0, 0.1) is 0 Å². The standard InChI is InChI=1S/C8H11F5O5/c1-15-8(12,13)5-16-2-3-17-6(14)18-4-7(9,10)11/h2-5H2,1H3. The minimum absolute atomic E-state index is 0.430. The highest BCUT2D eigenvalue weighted by atomic mass is 19.4. The van der Waals surface area contributed by atoms with Crippen LogP contribution >= 0.6 is 0 Å². The van der Waals surface area contributed by atoms with E-state index in [0.717, 1.165) is 7.11 Å². The Balaban J connectivity index is 3.53. The Kier molecular flexibility index (Phi) is 6.84. The van der Waals surface area contributed by atoms with Gasteiger partial charge in [0.1, 0.15) is 13.2 Å². The summed E-state index contributed by atoms with van der Waals surface area (Å²) in [6.45, 7) is -3.80. The fourth-order valence-corrected chi connectivity index (χ4v) is 0.616. The lowest BCUT2D eigenvalue weighted by Crippen LogP contribution is -2.27. The molecule has 0 amide bonds. The van der Waals surface area contributed by atoms with Gasteiger partial charge in [-0.3, -0.25) is 0 Å². The molecule has 0 bridgehead atoms. The van der Waals surface area contributed by atoms with Gasteiger partial charge < -0.3 is 18.9 Å². The van der Waals surface area contributed by atoms with Gasteiger partial charge in [-0.05, 0) is 0 Å². The summed E-state index contributed by atoms with van der Waals surface area (Å²) in [5.74, 6) is 0. The topological polar surface area (TPSA) is 54.0 Å². The largest absolute Gasteiger partial charge is 0.508 e. The van der Waals surface area contributed by atoms with Crippen molar-refractivity contribution in [3.63, 3.8) is 0 Å². The average molecular weight is 282 g/mol. The van der Waals surface area contributed by atoms with Crippen molar-refractivity contribution in [3.8, 4) is 0 Å². The van der Waals surface area contributed by atoms with Gasteiger partial charge in [-0.15, -0.1) is 0 Å². The van der Waals surface area contributed by atoms with E-state index in [2.05, 4.69) is 18.9 Å². The van der Waals surface area contributed by atoms with E-state index < -0.39 is 44.9 Å². The van der Waals surface area contributed by atoms with Crippen molar-refractivity contribution >= 4 is 6.16 Å². The minimum atomic E-state index is -4.66. The first-order valence-electron chi connectivity index (χ1n) is 4.53. The molecular formula is C8H11F5O5. The smallest absolute Gasteiger partial charge is 0.432 e. The van der Waals surface area contributed by atoms with Crippen LogP contribution in [0.2, 0.25) is 0 Å². The second-order valence-corrected chi connectivity index (χ2v) is 2.90. The lowest BCUT2D eigenvalue weighted by Gasteiger charge is -2.13. The number of hydrogen-bond donors (Lipinski definition) is 0. The zero-order valence-corrected chi connectivity index (χ0v) is 9.26. The fraction of sp³-hybridized carbons (Fsp3) is 0.875. The quantitative estimate of drug-likeness (QED) is 0.406. The second kappa shape index (κ2) is 7.31. The molecule has 0 rings (SSSR count). The van der Waals surface area contributed by atoms with Crippen LogP contribution in [-0.4, -0.2) is 52.0 Å². The molecule has 0 fully saturated rings. The van der Waals surface area contributed by atoms with E-state index in [0.29, 0.717) is 0 Å². The molecule has 0 saturated heterocycles. The number of carbonyl (C=O) groups is 1. The molecule has 0 spiro atoms. The molecule has 0 atom stereocenters. The number of hydrogen-bond acceptors (Lipinski definition) is 5. The van der Waals surface area contributed by atoms with Crippen molar-refractivity contribution in [2.45, 2.75) is 12.3 Å². The second-order valence-electron chi connectivity index (χ2n) is 2.90. The van der Waals surface area contributed by atoms with E-state index in [9.17, 15) is 26.7 Å². The summed E-state index contributed by atoms with van der Waals surface area (Å²) < 4.78 is 75.4. The molecule has 0 heterocycles. The fourth-order valence-electron chi connectivity index (χ4n) is 0.616. The summed E-state index contributed by atoms with van der Waals surface area (Å²) in [5.41, 5.74) is 0. The first kappa shape index (κ1) is 16.8. The van der Waals surface area contributed by atoms with Gasteiger partial charge in [0.25, 0.3) is 0 Å². The van der Waals surface area contributed by atoms with Gasteiger partial charge in [-0.25, -0.2) is 4.79 Å². The first-order valence-corrected chi connectivity index (χ1v) is 4.53. The van der Waals surface area contributed by atoms with Gasteiger partial charge in [0.2, 0.25) is 0 Å². The van der Waals surface area contributed by atoms with Crippen LogP contribution in [-0.2, 0) is 18.9 Å². The highest BCUT2D eigenvalue weighted by molar-refractivity contribution is 5.59. The Hall–Kier alpha value is -1.16. The van der Waals surface area contributed by atoms with Crippen molar-refractivity contribution in [1.82, 2.24) is 0 Å². The van der Waals surface area contributed by atoms with Crippen LogP contribution in [0.25, 0.3) is 0 Å². The van der Waals surface area contributed by atoms with E-state index >= 15 is 0 Å². The SMILES string of the molecule is COC(F)(F)COCCOC(=O)OCC(F)(F)F. The summed E-state index contributed by atoms with van der Waals surface area (Å²) in [4.78, 5) is 10.5. The highest BCUT2D eigenvalue weighted by Crippen LogP contribution is 2.15. The molecule has 0 aliphatic rings. The summed E-state index contributed by atoms with van der Waals surface area (Å²) in [5, 5.41) is 0. The summed E-state index contributed by atoms with van der Waals surface area (Å²) in [6.07, 6.45) is -9.69. The number of carbonyl (C=O) groups excluding carboxylic acids is 1. The molecule has 0 aliphatic heterocycles. The summed E-state index contributed by atoms with van der Waals surface area (Å²) in [6, 6.07) is 0. The van der Waals surface area contributed by atoms with Crippen molar-refractivity contribution < 1.29 is 45.7 Å². The molecule has 0 aliphatic carbocycles. The van der Waals surface area contributed by atoms with Gasteiger partial charge in [0, 0.05) is 7.11 Å². The summed E-state index contributed by atoms with van der Waals surface area (Å²) >= 11 is 0. The number of halogens is 5. The lowest BCUT2D eigenvalue weighted by molar-refractivity contribution is -0.250. The van der Waals surface area contributed by atoms with Gasteiger partial charge in [0.05, 0.1) is 6.61 Å². The van der Waals surface area contributed by atoms with Gasteiger partial charge >= 0.3 is 18.4 Å².